The van der Waals surface area contributed by atoms with Crippen LogP contribution in [0.5, 0.6) is 0 Å². The van der Waals surface area contributed by atoms with Crippen LogP contribution in [0.4, 0.5) is 0 Å². The molecule has 0 aromatic heterocycles. The monoisotopic (exact) mass is 523 g/mol. The summed E-state index contributed by atoms with van der Waals surface area (Å²) in [7, 11) is 0. The lowest BCUT2D eigenvalue weighted by atomic mass is 9.64. The second-order valence-corrected chi connectivity index (χ2v) is 12.8. The summed E-state index contributed by atoms with van der Waals surface area (Å²) >= 11 is 0. The maximum absolute atomic E-state index is 13.4. The number of amides is 1. The summed E-state index contributed by atoms with van der Waals surface area (Å²) in [5, 5.41) is 3.24. The van der Waals surface area contributed by atoms with Crippen LogP contribution >= 0.6 is 0 Å². The molecule has 0 radical (unpaired) electrons. The molecule has 0 aliphatic heterocycles. The molecule has 38 heavy (non-hydrogen) atoms. The Morgan fingerprint density at radius 2 is 1.55 bits per heavy atom. The van der Waals surface area contributed by atoms with Gasteiger partial charge in [-0.2, -0.15) is 0 Å². The predicted octanol–water partition coefficient (Wildman–Crippen LogP) is 9.11. The highest BCUT2D eigenvalue weighted by Gasteiger charge is 2.39. The minimum absolute atomic E-state index is 0.000831. The van der Waals surface area contributed by atoms with Crippen molar-refractivity contribution in [2.45, 2.75) is 125 Å². The molecule has 1 amide bonds. The van der Waals surface area contributed by atoms with E-state index >= 15 is 0 Å². The second kappa shape index (κ2) is 17.6. The maximum Gasteiger partial charge on any atom is 0.223 e. The molecule has 1 aromatic carbocycles. The largest absolute Gasteiger partial charge is 0.356 e. The quantitative estimate of drug-likeness (QED) is 0.145. The zero-order chi connectivity index (χ0) is 27.8. The molecule has 3 heteroatoms. The number of Topliss-reactive ketones (excluding diaryl/α,β-unsaturated/α-hetero) is 1. The fraction of sp³-hybridized carbons (Fsp3) is 0.714. The highest BCUT2D eigenvalue weighted by atomic mass is 16.2. The lowest BCUT2D eigenvalue weighted by molar-refractivity contribution is -0.130. The first kappa shape index (κ1) is 32.3. The Hall–Kier alpha value is -1.90. The molecule has 0 saturated carbocycles. The van der Waals surface area contributed by atoms with E-state index in [1.807, 2.05) is 18.2 Å². The first-order valence-electron chi connectivity index (χ1n) is 15.8. The van der Waals surface area contributed by atoms with Gasteiger partial charge in [-0.25, -0.2) is 0 Å². The van der Waals surface area contributed by atoms with Gasteiger partial charge in [0.2, 0.25) is 5.91 Å². The normalized spacial score (nSPS) is 20.1. The fourth-order valence-corrected chi connectivity index (χ4v) is 6.45. The molecule has 0 saturated heterocycles. The van der Waals surface area contributed by atoms with E-state index in [1.165, 1.54) is 63.4 Å². The predicted molar refractivity (Wildman–Crippen MR) is 162 cm³/mol. The third-order valence-corrected chi connectivity index (χ3v) is 8.56. The standard InChI is InChI=1S/C35H57NO2/c1-6-7-8-9-10-11-12-13-14-18-24-36-34(38)31(27-30-21-16-15-17-22-30)25-28(2)26-32(37)33-29(3)20-19-23-35(33,4)5/h15-17,19-22,28-29,31,33H,6-14,18,23-27H2,1-5H3,(H,36,38). The Kier molecular flexibility index (Phi) is 15.0. The molecule has 2 rings (SSSR count). The van der Waals surface area contributed by atoms with Crippen molar-refractivity contribution in [1.82, 2.24) is 5.32 Å². The van der Waals surface area contributed by atoms with E-state index in [9.17, 15) is 9.59 Å². The number of hydrogen-bond donors (Lipinski definition) is 1. The molecule has 0 bridgehead atoms. The first-order valence-corrected chi connectivity index (χ1v) is 15.8. The van der Waals surface area contributed by atoms with Gasteiger partial charge in [-0.15, -0.1) is 0 Å². The Labute approximate surface area is 234 Å². The summed E-state index contributed by atoms with van der Waals surface area (Å²) in [4.78, 5) is 26.7. The van der Waals surface area contributed by atoms with Gasteiger partial charge in [0.25, 0.3) is 0 Å². The van der Waals surface area contributed by atoms with Crippen molar-refractivity contribution in [3.63, 3.8) is 0 Å². The molecule has 0 heterocycles. The number of nitrogens with one attached hydrogen (secondary N) is 1. The molecule has 4 atom stereocenters. The zero-order valence-electron chi connectivity index (χ0n) is 25.3. The van der Waals surface area contributed by atoms with Crippen molar-refractivity contribution in [3.8, 4) is 0 Å². The lowest BCUT2D eigenvalue weighted by Gasteiger charge is -2.39. The van der Waals surface area contributed by atoms with E-state index in [2.05, 4.69) is 64.2 Å². The van der Waals surface area contributed by atoms with Gasteiger partial charge in [-0.05, 0) is 48.5 Å². The lowest BCUT2D eigenvalue weighted by Crippen LogP contribution is -2.38. The number of ketones is 1. The van der Waals surface area contributed by atoms with Crippen molar-refractivity contribution < 1.29 is 9.59 Å². The van der Waals surface area contributed by atoms with Crippen molar-refractivity contribution in [3.05, 3.63) is 48.0 Å². The Bertz CT molecular complexity index is 828. The van der Waals surface area contributed by atoms with Gasteiger partial charge in [-0.1, -0.05) is 135 Å². The van der Waals surface area contributed by atoms with Crippen LogP contribution in [0, 0.1) is 29.1 Å². The number of hydrogen-bond acceptors (Lipinski definition) is 2. The van der Waals surface area contributed by atoms with Crippen molar-refractivity contribution in [2.75, 3.05) is 6.54 Å². The third-order valence-electron chi connectivity index (χ3n) is 8.56. The van der Waals surface area contributed by atoms with Crippen LogP contribution in [0.2, 0.25) is 0 Å². The number of unbranched alkanes of at least 4 members (excludes halogenated alkanes) is 9. The molecule has 1 aliphatic rings. The van der Waals surface area contributed by atoms with Gasteiger partial charge >= 0.3 is 0 Å². The number of benzene rings is 1. The highest BCUT2D eigenvalue weighted by molar-refractivity contribution is 5.83. The van der Waals surface area contributed by atoms with Crippen LogP contribution in [0.25, 0.3) is 0 Å². The van der Waals surface area contributed by atoms with Gasteiger partial charge in [0.05, 0.1) is 0 Å². The van der Waals surface area contributed by atoms with Crippen LogP contribution in [0.1, 0.15) is 124 Å². The number of rotatable bonds is 19. The number of carbonyl (C=O) groups excluding carboxylic acids is 2. The molecular weight excluding hydrogens is 466 g/mol. The fourth-order valence-electron chi connectivity index (χ4n) is 6.45. The molecule has 3 nitrogen and oxygen atoms in total. The summed E-state index contributed by atoms with van der Waals surface area (Å²) in [6, 6.07) is 10.3. The van der Waals surface area contributed by atoms with Crippen LogP contribution in [-0.2, 0) is 16.0 Å². The Balaban J connectivity index is 1.81. The van der Waals surface area contributed by atoms with E-state index in [-0.39, 0.29) is 35.0 Å². The van der Waals surface area contributed by atoms with E-state index in [4.69, 9.17) is 0 Å². The number of allylic oxidation sites excluding steroid dienone is 2. The average molecular weight is 524 g/mol. The van der Waals surface area contributed by atoms with Crippen molar-refractivity contribution >= 4 is 11.7 Å². The van der Waals surface area contributed by atoms with Crippen LogP contribution in [-0.4, -0.2) is 18.2 Å². The van der Waals surface area contributed by atoms with Crippen molar-refractivity contribution in [2.24, 2.45) is 29.1 Å². The molecule has 1 N–H and O–H groups in total. The number of carbonyl (C=O) groups is 2. The third kappa shape index (κ3) is 11.9. The Morgan fingerprint density at radius 3 is 2.16 bits per heavy atom. The highest BCUT2D eigenvalue weighted by Crippen LogP contribution is 2.42. The van der Waals surface area contributed by atoms with Crippen molar-refractivity contribution in [1.29, 1.82) is 0 Å². The van der Waals surface area contributed by atoms with Gasteiger partial charge in [0.1, 0.15) is 5.78 Å². The molecule has 1 aromatic rings. The van der Waals surface area contributed by atoms with Gasteiger partial charge < -0.3 is 5.32 Å². The minimum Gasteiger partial charge on any atom is -0.356 e. The maximum atomic E-state index is 13.4. The van der Waals surface area contributed by atoms with Gasteiger partial charge in [0, 0.05) is 24.8 Å². The molecule has 214 valence electrons. The summed E-state index contributed by atoms with van der Waals surface area (Å²) in [5.74, 6) is 0.950. The Morgan fingerprint density at radius 1 is 0.947 bits per heavy atom. The SMILES string of the molecule is CCCCCCCCCCCCNC(=O)C(Cc1ccccc1)CC(C)CC(=O)C1C(C)C=CCC1(C)C. The van der Waals surface area contributed by atoms with E-state index in [0.29, 0.717) is 12.2 Å². The summed E-state index contributed by atoms with van der Waals surface area (Å²) in [6.07, 6.45) is 20.4. The van der Waals surface area contributed by atoms with Gasteiger partial charge in [-0.3, -0.25) is 9.59 Å². The van der Waals surface area contributed by atoms with E-state index in [0.717, 1.165) is 32.2 Å². The van der Waals surface area contributed by atoms with E-state index < -0.39 is 0 Å². The average Bonchev–Trinajstić information content (AvgIpc) is 2.86. The minimum atomic E-state index is -0.0972. The summed E-state index contributed by atoms with van der Waals surface area (Å²) in [5.41, 5.74) is 1.19. The molecule has 0 fully saturated rings. The van der Waals surface area contributed by atoms with E-state index in [1.54, 1.807) is 0 Å². The molecule has 1 aliphatic carbocycles. The molecule has 4 unspecified atom stereocenters. The zero-order valence-corrected chi connectivity index (χ0v) is 25.3. The van der Waals surface area contributed by atoms with Crippen LogP contribution in [0.15, 0.2) is 42.5 Å². The topological polar surface area (TPSA) is 46.2 Å². The smallest absolute Gasteiger partial charge is 0.223 e. The first-order chi connectivity index (χ1) is 18.2. The summed E-state index contributed by atoms with van der Waals surface area (Å²) < 4.78 is 0. The summed E-state index contributed by atoms with van der Waals surface area (Å²) in [6.45, 7) is 11.8. The van der Waals surface area contributed by atoms with Crippen LogP contribution in [0.3, 0.4) is 0 Å². The van der Waals surface area contributed by atoms with Gasteiger partial charge in [0.15, 0.2) is 0 Å². The van der Waals surface area contributed by atoms with Crippen LogP contribution < -0.4 is 5.32 Å². The molecule has 0 spiro atoms. The molecular formula is C35H57NO2. The second-order valence-electron chi connectivity index (χ2n) is 12.8.